The van der Waals surface area contributed by atoms with Gasteiger partial charge in [0.2, 0.25) is 0 Å². The Morgan fingerprint density at radius 2 is 1.44 bits per heavy atom. The molecule has 88 valence electrons. The average molecular weight is 241 g/mol. The molecule has 0 rings (SSSR count). The zero-order valence-corrected chi connectivity index (χ0v) is 12.1. The van der Waals surface area contributed by atoms with E-state index in [-0.39, 0.29) is 36.2 Å². The molecule has 0 aromatic rings. The number of nitrogens with zero attached hydrogens (tertiary/aromatic N) is 1. The van der Waals surface area contributed by atoms with Crippen LogP contribution in [0.5, 0.6) is 0 Å². The molecule has 7 heteroatoms. The van der Waals surface area contributed by atoms with Gasteiger partial charge in [0, 0.05) is 0 Å². The van der Waals surface area contributed by atoms with Gasteiger partial charge in [-0.25, -0.2) is 0 Å². The van der Waals surface area contributed by atoms with Gasteiger partial charge in [-0.15, -0.1) is 0 Å². The van der Waals surface area contributed by atoms with Crippen LogP contribution in [-0.2, 0) is 9.59 Å². The standard InChI is InChI=1S/C5H14NO.C4H4O4.Na/c1-6(2,3)4-5-7;5-3(6)1-2-4(7)8;/h7H,4-5H2,1-3H3;1-2H,(H,5,6)(H,7,8);/q+1;;+1/p-2/b;2-1+;. The monoisotopic (exact) mass is 241 g/mol. The normalized spacial score (nSPS) is 10.0. The largest absolute Gasteiger partial charge is 1.00 e. The molecule has 0 heterocycles. The number of aliphatic hydroxyl groups is 1. The van der Waals surface area contributed by atoms with E-state index in [1.807, 2.05) is 0 Å². The summed E-state index contributed by atoms with van der Waals surface area (Å²) in [4.78, 5) is 18.8. The van der Waals surface area contributed by atoms with E-state index in [0.717, 1.165) is 11.0 Å². The Balaban J connectivity index is -0.000000200. The fourth-order valence-corrected chi connectivity index (χ4v) is 0.436. The van der Waals surface area contributed by atoms with Crippen LogP contribution in [0.3, 0.4) is 0 Å². The molecule has 0 spiro atoms. The quantitative estimate of drug-likeness (QED) is 0.300. The predicted molar refractivity (Wildman–Crippen MR) is 49.1 cm³/mol. The van der Waals surface area contributed by atoms with Gasteiger partial charge in [-0.3, -0.25) is 0 Å². The minimum atomic E-state index is -1.55. The summed E-state index contributed by atoms with van der Waals surface area (Å²) < 4.78 is 0.844. The second-order valence-electron chi connectivity index (χ2n) is 3.71. The number of carbonyl (C=O) groups excluding carboxylic acids is 2. The summed E-state index contributed by atoms with van der Waals surface area (Å²) in [5.74, 6) is -3.09. The summed E-state index contributed by atoms with van der Waals surface area (Å²) in [6.07, 6.45) is 0.769. The molecule has 6 nitrogen and oxygen atoms in total. The number of carboxylic acid groups (broad SMARTS) is 2. The van der Waals surface area contributed by atoms with E-state index < -0.39 is 11.9 Å². The first-order valence-electron chi connectivity index (χ1n) is 4.20. The van der Waals surface area contributed by atoms with Crippen molar-refractivity contribution in [3.63, 3.8) is 0 Å². The van der Waals surface area contributed by atoms with Crippen LogP contribution in [0.1, 0.15) is 0 Å². The Hall–Kier alpha value is -0.400. The van der Waals surface area contributed by atoms with Crippen molar-refractivity contribution in [2.45, 2.75) is 0 Å². The van der Waals surface area contributed by atoms with Gasteiger partial charge < -0.3 is 29.4 Å². The minimum Gasteiger partial charge on any atom is -0.545 e. The van der Waals surface area contributed by atoms with Crippen molar-refractivity contribution >= 4 is 11.9 Å². The maximum atomic E-state index is 9.41. The molecular formula is C9H16NNaO5. The van der Waals surface area contributed by atoms with Crippen LogP contribution in [-0.4, -0.2) is 55.8 Å². The summed E-state index contributed by atoms with van der Waals surface area (Å²) in [7, 11) is 6.16. The van der Waals surface area contributed by atoms with Crippen molar-refractivity contribution in [1.82, 2.24) is 0 Å². The Labute approximate surface area is 117 Å². The molecule has 0 saturated heterocycles. The van der Waals surface area contributed by atoms with Crippen LogP contribution in [0, 0.1) is 0 Å². The summed E-state index contributed by atoms with van der Waals surface area (Å²) in [5.41, 5.74) is 0. The van der Waals surface area contributed by atoms with Crippen molar-refractivity contribution in [3.05, 3.63) is 12.2 Å². The summed E-state index contributed by atoms with van der Waals surface area (Å²) in [5, 5.41) is 27.2. The number of aliphatic carboxylic acids is 2. The summed E-state index contributed by atoms with van der Waals surface area (Å²) >= 11 is 0. The molecule has 0 bridgehead atoms. The maximum absolute atomic E-state index is 9.41. The zero-order valence-electron chi connectivity index (χ0n) is 10.1. The van der Waals surface area contributed by atoms with E-state index in [1.54, 1.807) is 0 Å². The van der Waals surface area contributed by atoms with Crippen LogP contribution in [0.2, 0.25) is 0 Å². The van der Waals surface area contributed by atoms with Gasteiger partial charge in [-0.2, -0.15) is 0 Å². The molecule has 0 aromatic heterocycles. The summed E-state index contributed by atoms with van der Waals surface area (Å²) in [6, 6.07) is 0. The second kappa shape index (κ2) is 11.1. The van der Waals surface area contributed by atoms with Crippen molar-refractivity contribution in [2.24, 2.45) is 0 Å². The fraction of sp³-hybridized carbons (Fsp3) is 0.556. The Kier molecular flexibility index (Phi) is 14.5. The fourth-order valence-electron chi connectivity index (χ4n) is 0.436. The van der Waals surface area contributed by atoms with Gasteiger partial charge in [-0.05, 0) is 12.2 Å². The molecule has 0 aliphatic heterocycles. The molecule has 0 aromatic carbocycles. The molecule has 0 atom stereocenters. The van der Waals surface area contributed by atoms with Crippen molar-refractivity contribution in [1.29, 1.82) is 0 Å². The van der Waals surface area contributed by atoms with E-state index in [1.165, 1.54) is 0 Å². The Morgan fingerprint density at radius 3 is 1.50 bits per heavy atom. The number of likely N-dealkylation sites (N-methyl/N-ethyl adjacent to an activating group) is 1. The van der Waals surface area contributed by atoms with Crippen LogP contribution >= 0.6 is 0 Å². The maximum Gasteiger partial charge on any atom is 1.00 e. The third kappa shape index (κ3) is 29.2. The average Bonchev–Trinajstić information content (AvgIpc) is 1.99. The predicted octanol–water partition coefficient (Wildman–Crippen LogP) is -6.27. The van der Waals surface area contributed by atoms with Crippen LogP contribution < -0.4 is 39.8 Å². The van der Waals surface area contributed by atoms with Crippen molar-refractivity contribution < 1.29 is 58.9 Å². The first-order chi connectivity index (χ1) is 6.69. The van der Waals surface area contributed by atoms with E-state index in [2.05, 4.69) is 21.1 Å². The number of rotatable bonds is 4. The number of hydrogen-bond donors (Lipinski definition) is 1. The molecule has 0 amide bonds. The molecule has 0 aliphatic carbocycles. The third-order valence-electron chi connectivity index (χ3n) is 1.13. The zero-order chi connectivity index (χ0) is 12.5. The van der Waals surface area contributed by atoms with Crippen LogP contribution in [0.4, 0.5) is 0 Å². The molecule has 0 aliphatic rings. The third-order valence-corrected chi connectivity index (χ3v) is 1.13. The number of carboxylic acids is 2. The van der Waals surface area contributed by atoms with Gasteiger partial charge >= 0.3 is 29.6 Å². The topological polar surface area (TPSA) is 100 Å². The van der Waals surface area contributed by atoms with Gasteiger partial charge in [0.05, 0.1) is 39.7 Å². The molecule has 16 heavy (non-hydrogen) atoms. The van der Waals surface area contributed by atoms with E-state index in [0.29, 0.717) is 12.2 Å². The van der Waals surface area contributed by atoms with E-state index in [9.17, 15) is 19.8 Å². The molecule has 1 N–H and O–H groups in total. The van der Waals surface area contributed by atoms with Gasteiger partial charge in [-0.1, -0.05) is 0 Å². The molecule has 0 fully saturated rings. The number of carbonyl (C=O) groups is 2. The van der Waals surface area contributed by atoms with Crippen LogP contribution in [0.25, 0.3) is 0 Å². The van der Waals surface area contributed by atoms with Crippen molar-refractivity contribution in [3.8, 4) is 0 Å². The van der Waals surface area contributed by atoms with E-state index in [4.69, 9.17) is 5.11 Å². The number of quaternary nitrogens is 1. The molecule has 0 radical (unpaired) electrons. The first kappa shape index (κ1) is 20.9. The van der Waals surface area contributed by atoms with Crippen LogP contribution in [0.15, 0.2) is 12.2 Å². The van der Waals surface area contributed by atoms with Gasteiger partial charge in [0.25, 0.3) is 0 Å². The van der Waals surface area contributed by atoms with Gasteiger partial charge in [0.15, 0.2) is 0 Å². The molecular weight excluding hydrogens is 225 g/mol. The number of aliphatic hydroxyl groups excluding tert-OH is 1. The SMILES string of the molecule is C[N+](C)(C)CCO.O=C([O-])/C=C/C(=O)[O-].[Na+]. The Bertz CT molecular complexity index is 219. The second-order valence-corrected chi connectivity index (χ2v) is 3.71. The summed E-state index contributed by atoms with van der Waals surface area (Å²) in [6.45, 7) is 1.11. The smallest absolute Gasteiger partial charge is 0.545 e. The van der Waals surface area contributed by atoms with E-state index >= 15 is 0 Å². The molecule has 0 unspecified atom stereocenters. The number of hydrogen-bond acceptors (Lipinski definition) is 5. The minimum absolute atomic E-state index is 0. The van der Waals surface area contributed by atoms with Crippen molar-refractivity contribution in [2.75, 3.05) is 34.3 Å². The Morgan fingerprint density at radius 1 is 1.12 bits per heavy atom. The first-order valence-corrected chi connectivity index (χ1v) is 4.20. The van der Waals surface area contributed by atoms with Gasteiger partial charge in [0.1, 0.15) is 6.54 Å². The molecule has 0 saturated carbocycles.